The van der Waals surface area contributed by atoms with Gasteiger partial charge in [-0.05, 0) is 49.4 Å². The molecular weight excluding hydrogens is 286 g/mol. The second-order valence-electron chi connectivity index (χ2n) is 5.67. The molecule has 0 radical (unpaired) electrons. The predicted molar refractivity (Wildman–Crippen MR) is 95.1 cm³/mol. The van der Waals surface area contributed by atoms with Crippen molar-refractivity contribution in [2.45, 2.75) is 46.6 Å². The van der Waals surface area contributed by atoms with Gasteiger partial charge in [-0.15, -0.1) is 0 Å². The third-order valence-electron chi connectivity index (χ3n) is 4.01. The Hall–Kier alpha value is -2.29. The first kappa shape index (κ1) is 17.1. The average molecular weight is 311 g/mol. The lowest BCUT2D eigenvalue weighted by Gasteiger charge is -2.19. The van der Waals surface area contributed by atoms with E-state index in [0.717, 1.165) is 41.0 Å². The Morgan fingerprint density at radius 2 is 1.70 bits per heavy atom. The summed E-state index contributed by atoms with van der Waals surface area (Å²) in [6.45, 7) is 7.95. The second kappa shape index (κ2) is 7.82. The molecule has 3 heteroatoms. The van der Waals surface area contributed by atoms with Crippen LogP contribution in [-0.4, -0.2) is 12.0 Å². The van der Waals surface area contributed by atoms with E-state index in [4.69, 9.17) is 4.74 Å². The van der Waals surface area contributed by atoms with Gasteiger partial charge in [0.15, 0.2) is 6.10 Å². The van der Waals surface area contributed by atoms with Crippen LogP contribution >= 0.6 is 0 Å². The molecule has 1 unspecified atom stereocenters. The van der Waals surface area contributed by atoms with E-state index in [-0.39, 0.29) is 5.91 Å². The largest absolute Gasteiger partial charge is 0.481 e. The maximum Gasteiger partial charge on any atom is 0.265 e. The van der Waals surface area contributed by atoms with E-state index in [1.807, 2.05) is 49.4 Å². The first-order chi connectivity index (χ1) is 11.1. The topological polar surface area (TPSA) is 38.3 Å². The molecule has 23 heavy (non-hydrogen) atoms. The summed E-state index contributed by atoms with van der Waals surface area (Å²) in [4.78, 5) is 12.5. The molecule has 0 saturated heterocycles. The monoisotopic (exact) mass is 311 g/mol. The van der Waals surface area contributed by atoms with Gasteiger partial charge in [0, 0.05) is 5.69 Å². The van der Waals surface area contributed by atoms with Gasteiger partial charge in [0.1, 0.15) is 5.75 Å². The molecule has 0 fully saturated rings. The molecule has 0 aromatic heterocycles. The van der Waals surface area contributed by atoms with Gasteiger partial charge < -0.3 is 10.1 Å². The van der Waals surface area contributed by atoms with Crippen LogP contribution < -0.4 is 10.1 Å². The summed E-state index contributed by atoms with van der Waals surface area (Å²) in [7, 11) is 0. The molecule has 0 saturated carbocycles. The number of benzene rings is 2. The number of hydrogen-bond acceptors (Lipinski definition) is 2. The van der Waals surface area contributed by atoms with Crippen molar-refractivity contribution in [3.8, 4) is 5.75 Å². The number of hydrogen-bond donors (Lipinski definition) is 1. The van der Waals surface area contributed by atoms with Crippen LogP contribution in [0, 0.1) is 6.92 Å². The number of aryl methyl sites for hydroxylation is 3. The molecule has 1 atom stereocenters. The van der Waals surface area contributed by atoms with Crippen molar-refractivity contribution in [3.05, 3.63) is 59.2 Å². The fourth-order valence-electron chi connectivity index (χ4n) is 2.58. The highest BCUT2D eigenvalue weighted by atomic mass is 16.5. The van der Waals surface area contributed by atoms with E-state index in [0.29, 0.717) is 0 Å². The van der Waals surface area contributed by atoms with Crippen LogP contribution in [0.5, 0.6) is 5.75 Å². The zero-order valence-corrected chi connectivity index (χ0v) is 14.3. The molecule has 0 heterocycles. The van der Waals surface area contributed by atoms with E-state index >= 15 is 0 Å². The van der Waals surface area contributed by atoms with Gasteiger partial charge in [-0.1, -0.05) is 50.2 Å². The van der Waals surface area contributed by atoms with Crippen LogP contribution in [0.15, 0.2) is 42.5 Å². The third kappa shape index (κ3) is 4.13. The molecule has 2 rings (SSSR count). The lowest BCUT2D eigenvalue weighted by atomic mass is 10.1. The Morgan fingerprint density at radius 3 is 2.39 bits per heavy atom. The normalized spacial score (nSPS) is 11.8. The Bertz CT molecular complexity index is 679. The van der Waals surface area contributed by atoms with E-state index in [1.165, 1.54) is 0 Å². The summed E-state index contributed by atoms with van der Waals surface area (Å²) in [5, 5.41) is 3.02. The molecule has 0 aliphatic rings. The molecule has 122 valence electrons. The number of carbonyl (C=O) groups excluding carboxylic acids is 1. The summed E-state index contributed by atoms with van der Waals surface area (Å²) < 4.78 is 5.87. The minimum atomic E-state index is -0.549. The average Bonchev–Trinajstić information content (AvgIpc) is 2.57. The van der Waals surface area contributed by atoms with Crippen LogP contribution in [0.4, 0.5) is 5.69 Å². The van der Waals surface area contributed by atoms with E-state index in [2.05, 4.69) is 19.2 Å². The fourth-order valence-corrected chi connectivity index (χ4v) is 2.58. The van der Waals surface area contributed by atoms with Crippen molar-refractivity contribution in [1.82, 2.24) is 0 Å². The number of nitrogens with one attached hydrogen (secondary N) is 1. The number of amides is 1. The van der Waals surface area contributed by atoms with Crippen molar-refractivity contribution < 1.29 is 9.53 Å². The highest BCUT2D eigenvalue weighted by molar-refractivity contribution is 5.95. The standard InChI is InChI=1S/C20H25NO2/c1-5-16-11-7-8-13-18(16)23-15(4)20(22)21-19-14(3)10-9-12-17(19)6-2/h7-13,15H,5-6H2,1-4H3,(H,21,22). The number of carbonyl (C=O) groups is 1. The van der Waals surface area contributed by atoms with Crippen molar-refractivity contribution in [2.75, 3.05) is 5.32 Å². The van der Waals surface area contributed by atoms with Crippen LogP contribution in [0.25, 0.3) is 0 Å². The van der Waals surface area contributed by atoms with E-state index in [9.17, 15) is 4.79 Å². The van der Waals surface area contributed by atoms with Crippen LogP contribution in [0.3, 0.4) is 0 Å². The first-order valence-electron chi connectivity index (χ1n) is 8.20. The summed E-state index contributed by atoms with van der Waals surface area (Å²) >= 11 is 0. The van der Waals surface area contributed by atoms with Gasteiger partial charge in [-0.2, -0.15) is 0 Å². The van der Waals surface area contributed by atoms with Crippen molar-refractivity contribution in [1.29, 1.82) is 0 Å². The molecular formula is C20H25NO2. The zero-order valence-electron chi connectivity index (χ0n) is 14.3. The molecule has 0 aliphatic heterocycles. The van der Waals surface area contributed by atoms with Crippen LogP contribution in [0.2, 0.25) is 0 Å². The molecule has 2 aromatic rings. The molecule has 0 bridgehead atoms. The Balaban J connectivity index is 2.12. The van der Waals surface area contributed by atoms with Gasteiger partial charge in [0.2, 0.25) is 0 Å². The highest BCUT2D eigenvalue weighted by Gasteiger charge is 2.18. The van der Waals surface area contributed by atoms with Crippen molar-refractivity contribution in [2.24, 2.45) is 0 Å². The minimum Gasteiger partial charge on any atom is -0.481 e. The molecule has 0 aliphatic carbocycles. The number of rotatable bonds is 6. The summed E-state index contributed by atoms with van der Waals surface area (Å²) in [6.07, 6.45) is 1.21. The zero-order chi connectivity index (χ0) is 16.8. The van der Waals surface area contributed by atoms with E-state index in [1.54, 1.807) is 6.92 Å². The first-order valence-corrected chi connectivity index (χ1v) is 8.20. The number of ether oxygens (including phenoxy) is 1. The maximum atomic E-state index is 12.5. The maximum absolute atomic E-state index is 12.5. The molecule has 0 spiro atoms. The van der Waals surface area contributed by atoms with Crippen molar-refractivity contribution >= 4 is 11.6 Å². The number of anilines is 1. The molecule has 2 aromatic carbocycles. The highest BCUT2D eigenvalue weighted by Crippen LogP contribution is 2.23. The molecule has 1 N–H and O–H groups in total. The Labute approximate surface area is 138 Å². The lowest BCUT2D eigenvalue weighted by Crippen LogP contribution is -2.31. The SMILES string of the molecule is CCc1ccccc1OC(C)C(=O)Nc1c(C)cccc1CC. The quantitative estimate of drug-likeness (QED) is 0.851. The second-order valence-corrected chi connectivity index (χ2v) is 5.67. The minimum absolute atomic E-state index is 0.125. The summed E-state index contributed by atoms with van der Waals surface area (Å²) in [5.41, 5.74) is 4.22. The smallest absolute Gasteiger partial charge is 0.265 e. The van der Waals surface area contributed by atoms with Gasteiger partial charge in [0.05, 0.1) is 0 Å². The third-order valence-corrected chi connectivity index (χ3v) is 4.01. The summed E-state index contributed by atoms with van der Waals surface area (Å²) in [6, 6.07) is 13.9. The molecule has 1 amide bonds. The molecule has 3 nitrogen and oxygen atoms in total. The Kier molecular flexibility index (Phi) is 5.80. The van der Waals surface area contributed by atoms with Gasteiger partial charge >= 0.3 is 0 Å². The van der Waals surface area contributed by atoms with Gasteiger partial charge in [-0.3, -0.25) is 4.79 Å². The van der Waals surface area contributed by atoms with Crippen LogP contribution in [-0.2, 0) is 17.6 Å². The van der Waals surface area contributed by atoms with E-state index < -0.39 is 6.10 Å². The summed E-state index contributed by atoms with van der Waals surface area (Å²) in [5.74, 6) is 0.651. The van der Waals surface area contributed by atoms with Gasteiger partial charge in [0.25, 0.3) is 5.91 Å². The number of para-hydroxylation sites is 2. The predicted octanol–water partition coefficient (Wildman–Crippen LogP) is 4.53. The van der Waals surface area contributed by atoms with Crippen LogP contribution in [0.1, 0.15) is 37.5 Å². The van der Waals surface area contributed by atoms with Gasteiger partial charge in [-0.25, -0.2) is 0 Å². The van der Waals surface area contributed by atoms with Crippen molar-refractivity contribution in [3.63, 3.8) is 0 Å². The fraction of sp³-hybridized carbons (Fsp3) is 0.350. The Morgan fingerprint density at radius 1 is 1.04 bits per heavy atom. The lowest BCUT2D eigenvalue weighted by molar-refractivity contribution is -0.122.